The van der Waals surface area contributed by atoms with Crippen molar-refractivity contribution in [1.29, 1.82) is 0 Å². The first-order chi connectivity index (χ1) is 16.5. The van der Waals surface area contributed by atoms with E-state index in [2.05, 4.69) is 22.8 Å². The highest BCUT2D eigenvalue weighted by molar-refractivity contribution is 5.91. The van der Waals surface area contributed by atoms with Crippen LogP contribution in [0.15, 0.2) is 91.0 Å². The van der Waals surface area contributed by atoms with Crippen LogP contribution in [-0.4, -0.2) is 36.2 Å². The first-order valence-corrected chi connectivity index (χ1v) is 10.9. The number of carboxylic acid groups (broad SMARTS) is 1. The summed E-state index contributed by atoms with van der Waals surface area (Å²) in [6.45, 7) is 0.259. The Balaban J connectivity index is 1.26. The number of benzene rings is 3. The number of fused-ring (bicyclic) bond motifs is 3. The van der Waals surface area contributed by atoms with Gasteiger partial charge in [0, 0.05) is 18.5 Å². The van der Waals surface area contributed by atoms with Gasteiger partial charge in [0.2, 0.25) is 5.91 Å². The Bertz CT molecular complexity index is 1180. The van der Waals surface area contributed by atoms with E-state index in [0.29, 0.717) is 5.56 Å². The van der Waals surface area contributed by atoms with Crippen LogP contribution >= 0.6 is 0 Å². The molecule has 34 heavy (non-hydrogen) atoms. The number of hydrogen-bond acceptors (Lipinski definition) is 4. The van der Waals surface area contributed by atoms with Crippen LogP contribution in [0, 0.1) is 0 Å². The Morgan fingerprint density at radius 2 is 1.47 bits per heavy atom. The average Bonchev–Trinajstić information content (AvgIpc) is 3.18. The van der Waals surface area contributed by atoms with Gasteiger partial charge in [-0.2, -0.15) is 0 Å². The monoisotopic (exact) mass is 456 g/mol. The fourth-order valence-electron chi connectivity index (χ4n) is 4.08. The first kappa shape index (κ1) is 22.8. The maximum absolute atomic E-state index is 12.2. The van der Waals surface area contributed by atoms with Gasteiger partial charge in [-0.1, -0.05) is 84.9 Å². The number of alkyl carbamates (subject to hydrolysis) is 1. The molecule has 4 rings (SSSR count). The SMILES string of the molecule is O=C(/C=C/CNC(=O)OCC1c2ccccc2-c2ccccc21)N[C@H](C(=O)O)c1ccccc1. The number of nitrogens with one attached hydrogen (secondary N) is 2. The van der Waals surface area contributed by atoms with Crippen LogP contribution in [0.3, 0.4) is 0 Å². The van der Waals surface area contributed by atoms with Gasteiger partial charge in [-0.05, 0) is 27.8 Å². The topological polar surface area (TPSA) is 105 Å². The summed E-state index contributed by atoms with van der Waals surface area (Å²) in [6, 6.07) is 23.4. The minimum atomic E-state index is -1.16. The van der Waals surface area contributed by atoms with Crippen molar-refractivity contribution in [3.05, 3.63) is 108 Å². The number of aliphatic carboxylic acids is 1. The number of ether oxygens (including phenoxy) is 1. The molecule has 1 atom stereocenters. The molecule has 172 valence electrons. The van der Waals surface area contributed by atoms with Crippen LogP contribution in [0.4, 0.5) is 4.79 Å². The molecule has 0 aromatic heterocycles. The zero-order chi connectivity index (χ0) is 23.9. The lowest BCUT2D eigenvalue weighted by molar-refractivity contribution is -0.141. The number of carbonyl (C=O) groups is 3. The minimum Gasteiger partial charge on any atom is -0.479 e. The van der Waals surface area contributed by atoms with Crippen molar-refractivity contribution in [2.75, 3.05) is 13.2 Å². The van der Waals surface area contributed by atoms with E-state index in [4.69, 9.17) is 4.74 Å². The highest BCUT2D eigenvalue weighted by Gasteiger charge is 2.29. The van der Waals surface area contributed by atoms with Gasteiger partial charge in [-0.15, -0.1) is 0 Å². The van der Waals surface area contributed by atoms with Gasteiger partial charge in [-0.25, -0.2) is 9.59 Å². The van der Waals surface area contributed by atoms with Crippen molar-refractivity contribution in [1.82, 2.24) is 10.6 Å². The number of rotatable bonds is 8. The standard InChI is InChI=1S/C27H24N2O5/c30-24(29-25(26(31)32)18-9-2-1-3-10-18)15-8-16-28-27(33)34-17-23-21-13-6-4-11-19(21)20-12-5-7-14-22(20)23/h1-15,23,25H,16-17H2,(H,28,33)(H,29,30)(H,31,32)/b15-8+/t25-/m0/s1. The van der Waals surface area contributed by atoms with Crippen molar-refractivity contribution in [2.24, 2.45) is 0 Å². The number of amides is 2. The maximum Gasteiger partial charge on any atom is 0.407 e. The molecule has 0 saturated carbocycles. The van der Waals surface area contributed by atoms with Gasteiger partial charge in [-0.3, -0.25) is 4.79 Å². The molecule has 1 aliphatic carbocycles. The minimum absolute atomic E-state index is 0.0367. The second-order valence-corrected chi connectivity index (χ2v) is 7.80. The van der Waals surface area contributed by atoms with Crippen LogP contribution < -0.4 is 10.6 Å². The summed E-state index contributed by atoms with van der Waals surface area (Å²) in [7, 11) is 0. The fourth-order valence-corrected chi connectivity index (χ4v) is 4.08. The van der Waals surface area contributed by atoms with Crippen molar-refractivity contribution in [3.8, 4) is 11.1 Å². The first-order valence-electron chi connectivity index (χ1n) is 10.9. The Hall–Kier alpha value is -4.39. The molecule has 0 radical (unpaired) electrons. The molecule has 7 heteroatoms. The van der Waals surface area contributed by atoms with Crippen LogP contribution in [0.2, 0.25) is 0 Å². The van der Waals surface area contributed by atoms with Crippen LogP contribution in [0.1, 0.15) is 28.7 Å². The van der Waals surface area contributed by atoms with Crippen molar-refractivity contribution in [2.45, 2.75) is 12.0 Å². The van der Waals surface area contributed by atoms with E-state index in [1.165, 1.54) is 12.2 Å². The molecule has 7 nitrogen and oxygen atoms in total. The van der Waals surface area contributed by atoms with E-state index in [0.717, 1.165) is 22.3 Å². The molecule has 0 fully saturated rings. The molecule has 3 aromatic carbocycles. The van der Waals surface area contributed by atoms with Gasteiger partial charge in [0.05, 0.1) is 0 Å². The fraction of sp³-hybridized carbons (Fsp3) is 0.148. The molecule has 0 bridgehead atoms. The van der Waals surface area contributed by atoms with E-state index < -0.39 is 24.0 Å². The van der Waals surface area contributed by atoms with Crippen molar-refractivity contribution in [3.63, 3.8) is 0 Å². The molecule has 3 aromatic rings. The zero-order valence-electron chi connectivity index (χ0n) is 18.3. The lowest BCUT2D eigenvalue weighted by Crippen LogP contribution is -2.32. The highest BCUT2D eigenvalue weighted by atomic mass is 16.5. The van der Waals surface area contributed by atoms with Gasteiger partial charge in [0.15, 0.2) is 6.04 Å². The quantitative estimate of drug-likeness (QED) is 0.444. The van der Waals surface area contributed by atoms with Crippen LogP contribution in [0.25, 0.3) is 11.1 Å². The maximum atomic E-state index is 12.2. The summed E-state index contributed by atoms with van der Waals surface area (Å²) in [5, 5.41) is 14.4. The number of carbonyl (C=O) groups excluding carboxylic acids is 2. The number of hydrogen-bond donors (Lipinski definition) is 3. The van der Waals surface area contributed by atoms with Gasteiger partial charge < -0.3 is 20.5 Å². The summed E-state index contributed by atoms with van der Waals surface area (Å²) in [5.41, 5.74) is 5.01. The third-order valence-electron chi connectivity index (χ3n) is 5.64. The Morgan fingerprint density at radius 3 is 2.09 bits per heavy atom. The van der Waals surface area contributed by atoms with Crippen molar-refractivity contribution >= 4 is 18.0 Å². The Kier molecular flexibility index (Phi) is 7.03. The molecule has 3 N–H and O–H groups in total. The van der Waals surface area contributed by atoms with E-state index in [9.17, 15) is 19.5 Å². The van der Waals surface area contributed by atoms with Crippen molar-refractivity contribution < 1.29 is 24.2 Å². The van der Waals surface area contributed by atoms with E-state index >= 15 is 0 Å². The van der Waals surface area contributed by atoms with Crippen LogP contribution in [-0.2, 0) is 14.3 Å². The van der Waals surface area contributed by atoms with Gasteiger partial charge in [0.25, 0.3) is 0 Å². The molecule has 0 aliphatic heterocycles. The van der Waals surface area contributed by atoms with Gasteiger partial charge in [0.1, 0.15) is 6.61 Å². The normalized spacial score (nSPS) is 13.1. The second-order valence-electron chi connectivity index (χ2n) is 7.80. The third kappa shape index (κ3) is 5.15. The summed E-state index contributed by atoms with van der Waals surface area (Å²) < 4.78 is 5.44. The molecule has 0 unspecified atom stereocenters. The molecule has 0 heterocycles. The van der Waals surface area contributed by atoms with Crippen LogP contribution in [0.5, 0.6) is 0 Å². The Labute approximate surface area is 197 Å². The van der Waals surface area contributed by atoms with E-state index in [1.807, 2.05) is 36.4 Å². The molecular weight excluding hydrogens is 432 g/mol. The van der Waals surface area contributed by atoms with Gasteiger partial charge >= 0.3 is 12.1 Å². The third-order valence-corrected chi connectivity index (χ3v) is 5.64. The average molecular weight is 456 g/mol. The summed E-state index contributed by atoms with van der Waals surface area (Å²) in [6.07, 6.45) is 2.02. The number of carboxylic acids is 1. The summed E-state index contributed by atoms with van der Waals surface area (Å²) in [5.74, 6) is -1.78. The largest absolute Gasteiger partial charge is 0.479 e. The highest BCUT2D eigenvalue weighted by Crippen LogP contribution is 2.44. The molecule has 0 spiro atoms. The molecule has 1 aliphatic rings. The predicted molar refractivity (Wildman–Crippen MR) is 127 cm³/mol. The smallest absolute Gasteiger partial charge is 0.407 e. The predicted octanol–water partition coefficient (Wildman–Crippen LogP) is 4.02. The van der Waals surface area contributed by atoms with E-state index in [-0.39, 0.29) is 19.1 Å². The lowest BCUT2D eigenvalue weighted by atomic mass is 9.98. The summed E-state index contributed by atoms with van der Waals surface area (Å²) in [4.78, 5) is 35.8. The molecule has 2 amide bonds. The summed E-state index contributed by atoms with van der Waals surface area (Å²) >= 11 is 0. The molecule has 0 saturated heterocycles. The van der Waals surface area contributed by atoms with E-state index in [1.54, 1.807) is 30.3 Å². The second kappa shape index (κ2) is 10.5. The zero-order valence-corrected chi connectivity index (χ0v) is 18.3. The Morgan fingerprint density at radius 1 is 0.882 bits per heavy atom. The molecular formula is C27H24N2O5. The lowest BCUT2D eigenvalue weighted by Gasteiger charge is -2.14.